The standard InChI is InChI=1S/C26H31N7O3/c1-16(2)33-15-19(7-9-22(33)34)21-14-29-24(27)23(30-21)26-32-31-25(36-26)20-8-6-18(12-17(20)3)13-28-10-5-11-35-4/h6-9,12,14-16,28H,5,10-11,13H2,1-4H3,(H2,27,29). The Kier molecular flexibility index (Phi) is 7.87. The summed E-state index contributed by atoms with van der Waals surface area (Å²) in [4.78, 5) is 21.0. The van der Waals surface area contributed by atoms with Crippen molar-refractivity contribution in [2.45, 2.75) is 39.8 Å². The Morgan fingerprint density at radius 1 is 1.17 bits per heavy atom. The number of aromatic nitrogens is 5. The molecule has 10 heteroatoms. The van der Waals surface area contributed by atoms with Gasteiger partial charge in [0.05, 0.1) is 11.9 Å². The van der Waals surface area contributed by atoms with E-state index in [9.17, 15) is 4.79 Å². The van der Waals surface area contributed by atoms with Gasteiger partial charge in [-0.25, -0.2) is 9.97 Å². The van der Waals surface area contributed by atoms with Crippen molar-refractivity contribution in [3.8, 4) is 34.3 Å². The molecule has 0 unspecified atom stereocenters. The minimum absolute atomic E-state index is 0.0122. The zero-order valence-corrected chi connectivity index (χ0v) is 21.0. The molecule has 0 bridgehead atoms. The summed E-state index contributed by atoms with van der Waals surface area (Å²) in [5.74, 6) is 0.733. The number of aryl methyl sites for hydroxylation is 1. The largest absolute Gasteiger partial charge is 0.414 e. The normalized spacial score (nSPS) is 11.4. The van der Waals surface area contributed by atoms with E-state index in [0.717, 1.165) is 42.8 Å². The molecule has 0 saturated heterocycles. The van der Waals surface area contributed by atoms with Crippen LogP contribution in [0.15, 0.2) is 51.9 Å². The molecular formula is C26H31N7O3. The molecule has 3 N–H and O–H groups in total. The molecule has 0 aliphatic heterocycles. The van der Waals surface area contributed by atoms with Crippen LogP contribution >= 0.6 is 0 Å². The summed E-state index contributed by atoms with van der Waals surface area (Å²) in [6.45, 7) is 8.29. The predicted octanol–water partition coefficient (Wildman–Crippen LogP) is 3.62. The number of pyridine rings is 1. The lowest BCUT2D eigenvalue weighted by molar-refractivity contribution is 0.194. The number of hydrogen-bond acceptors (Lipinski definition) is 9. The van der Waals surface area contributed by atoms with E-state index in [0.29, 0.717) is 17.3 Å². The zero-order chi connectivity index (χ0) is 25.7. The first kappa shape index (κ1) is 25.2. The van der Waals surface area contributed by atoms with E-state index in [1.807, 2.05) is 32.9 Å². The first-order chi connectivity index (χ1) is 17.4. The summed E-state index contributed by atoms with van der Waals surface area (Å²) in [5.41, 5.74) is 10.6. The Balaban J connectivity index is 1.57. The Labute approximate surface area is 209 Å². The molecule has 0 saturated carbocycles. The third kappa shape index (κ3) is 5.67. The van der Waals surface area contributed by atoms with Crippen LogP contribution in [0.1, 0.15) is 37.4 Å². The Hall–Kier alpha value is -3.89. The molecular weight excluding hydrogens is 458 g/mol. The highest BCUT2D eigenvalue weighted by molar-refractivity contribution is 5.69. The second kappa shape index (κ2) is 11.2. The van der Waals surface area contributed by atoms with Crippen LogP contribution in [0.4, 0.5) is 5.82 Å². The van der Waals surface area contributed by atoms with Crippen molar-refractivity contribution in [2.24, 2.45) is 0 Å². The monoisotopic (exact) mass is 489 g/mol. The van der Waals surface area contributed by atoms with Crippen molar-refractivity contribution in [2.75, 3.05) is 26.0 Å². The second-order valence-corrected chi connectivity index (χ2v) is 8.83. The molecule has 3 heterocycles. The summed E-state index contributed by atoms with van der Waals surface area (Å²) in [7, 11) is 1.71. The molecule has 36 heavy (non-hydrogen) atoms. The minimum Gasteiger partial charge on any atom is -0.414 e. The number of methoxy groups -OCH3 is 1. The smallest absolute Gasteiger partial charge is 0.270 e. The highest BCUT2D eigenvalue weighted by Gasteiger charge is 2.18. The maximum absolute atomic E-state index is 12.1. The highest BCUT2D eigenvalue weighted by Crippen LogP contribution is 2.29. The topological polar surface area (TPSA) is 134 Å². The van der Waals surface area contributed by atoms with Gasteiger partial charge in [0.2, 0.25) is 5.89 Å². The summed E-state index contributed by atoms with van der Waals surface area (Å²) >= 11 is 0. The third-order valence-corrected chi connectivity index (χ3v) is 5.77. The third-order valence-electron chi connectivity index (χ3n) is 5.77. The van der Waals surface area contributed by atoms with Crippen LogP contribution in [0.25, 0.3) is 34.3 Å². The highest BCUT2D eigenvalue weighted by atomic mass is 16.5. The number of nitrogens with zero attached hydrogens (tertiary/aromatic N) is 5. The van der Waals surface area contributed by atoms with E-state index in [1.165, 1.54) is 11.6 Å². The SMILES string of the molecule is COCCCNCc1ccc(-c2nnc(-c3nc(-c4ccc(=O)n(C(C)C)c4)cnc3N)o2)c(C)c1. The van der Waals surface area contributed by atoms with Crippen LogP contribution in [0, 0.1) is 6.92 Å². The number of nitrogen functional groups attached to an aromatic ring is 1. The molecule has 4 rings (SSSR count). The molecule has 4 aromatic rings. The summed E-state index contributed by atoms with van der Waals surface area (Å²) in [5, 5.41) is 11.8. The Morgan fingerprint density at radius 2 is 1.97 bits per heavy atom. The lowest BCUT2D eigenvalue weighted by Gasteiger charge is -2.11. The van der Waals surface area contributed by atoms with Crippen LogP contribution in [-0.2, 0) is 11.3 Å². The van der Waals surface area contributed by atoms with Crippen molar-refractivity contribution >= 4 is 5.82 Å². The number of rotatable bonds is 10. The quantitative estimate of drug-likeness (QED) is 0.320. The van der Waals surface area contributed by atoms with Gasteiger partial charge in [0.25, 0.3) is 11.4 Å². The second-order valence-electron chi connectivity index (χ2n) is 8.83. The van der Waals surface area contributed by atoms with Gasteiger partial charge in [-0.2, -0.15) is 0 Å². The van der Waals surface area contributed by atoms with Crippen molar-refractivity contribution in [1.82, 2.24) is 30.0 Å². The molecule has 0 spiro atoms. The van der Waals surface area contributed by atoms with Gasteiger partial charge in [-0.1, -0.05) is 12.1 Å². The average Bonchev–Trinajstić information content (AvgIpc) is 3.34. The first-order valence-corrected chi connectivity index (χ1v) is 11.9. The first-order valence-electron chi connectivity index (χ1n) is 11.9. The number of nitrogens with two attached hydrogens (primary N) is 1. The van der Waals surface area contributed by atoms with Gasteiger partial charge in [-0.15, -0.1) is 10.2 Å². The number of ether oxygens (including phenoxy) is 1. The fraction of sp³-hybridized carbons (Fsp3) is 0.346. The maximum Gasteiger partial charge on any atom is 0.270 e. The van der Waals surface area contributed by atoms with Crippen LogP contribution in [0.3, 0.4) is 0 Å². The molecule has 0 amide bonds. The van der Waals surface area contributed by atoms with E-state index in [-0.39, 0.29) is 23.3 Å². The van der Waals surface area contributed by atoms with Gasteiger partial charge in [0.1, 0.15) is 0 Å². The summed E-state index contributed by atoms with van der Waals surface area (Å²) in [6, 6.07) is 9.34. The lowest BCUT2D eigenvalue weighted by Crippen LogP contribution is -2.20. The molecule has 0 atom stereocenters. The maximum atomic E-state index is 12.1. The fourth-order valence-electron chi connectivity index (χ4n) is 3.83. The zero-order valence-electron chi connectivity index (χ0n) is 21.0. The van der Waals surface area contributed by atoms with Crippen molar-refractivity contribution in [1.29, 1.82) is 0 Å². The summed E-state index contributed by atoms with van der Waals surface area (Å²) in [6.07, 6.45) is 4.29. The van der Waals surface area contributed by atoms with Gasteiger partial charge < -0.3 is 24.8 Å². The number of nitrogens with one attached hydrogen (secondary N) is 1. The van der Waals surface area contributed by atoms with E-state index in [4.69, 9.17) is 14.9 Å². The van der Waals surface area contributed by atoms with Gasteiger partial charge >= 0.3 is 0 Å². The van der Waals surface area contributed by atoms with Crippen LogP contribution in [-0.4, -0.2) is 45.0 Å². The predicted molar refractivity (Wildman–Crippen MR) is 138 cm³/mol. The van der Waals surface area contributed by atoms with Gasteiger partial charge in [0, 0.05) is 49.7 Å². The van der Waals surface area contributed by atoms with Crippen LogP contribution < -0.4 is 16.6 Å². The van der Waals surface area contributed by atoms with E-state index in [2.05, 4.69) is 31.5 Å². The Morgan fingerprint density at radius 3 is 2.72 bits per heavy atom. The number of anilines is 1. The number of benzene rings is 1. The van der Waals surface area contributed by atoms with E-state index < -0.39 is 0 Å². The molecule has 3 aromatic heterocycles. The van der Waals surface area contributed by atoms with Crippen LogP contribution in [0.2, 0.25) is 0 Å². The van der Waals surface area contributed by atoms with Crippen LogP contribution in [0.5, 0.6) is 0 Å². The average molecular weight is 490 g/mol. The Bertz CT molecular complexity index is 1390. The van der Waals surface area contributed by atoms with Gasteiger partial charge in [-0.05, 0) is 57.0 Å². The molecule has 0 aliphatic rings. The van der Waals surface area contributed by atoms with Crippen molar-refractivity contribution in [3.63, 3.8) is 0 Å². The molecule has 10 nitrogen and oxygen atoms in total. The molecule has 0 aliphatic carbocycles. The molecule has 0 radical (unpaired) electrons. The van der Waals surface area contributed by atoms with Crippen molar-refractivity contribution < 1.29 is 9.15 Å². The van der Waals surface area contributed by atoms with E-state index in [1.54, 1.807) is 30.1 Å². The molecule has 0 fully saturated rings. The van der Waals surface area contributed by atoms with Gasteiger partial charge in [0.15, 0.2) is 11.5 Å². The van der Waals surface area contributed by atoms with E-state index >= 15 is 0 Å². The number of hydrogen-bond donors (Lipinski definition) is 2. The molecule has 188 valence electrons. The van der Waals surface area contributed by atoms with Crippen molar-refractivity contribution in [3.05, 3.63) is 64.2 Å². The lowest BCUT2D eigenvalue weighted by atomic mass is 10.1. The molecule has 1 aromatic carbocycles. The minimum atomic E-state index is -0.0813. The summed E-state index contributed by atoms with van der Waals surface area (Å²) < 4.78 is 12.7. The van der Waals surface area contributed by atoms with Gasteiger partial charge in [-0.3, -0.25) is 4.79 Å². The fourth-order valence-corrected chi connectivity index (χ4v) is 3.83.